The fourth-order valence-corrected chi connectivity index (χ4v) is 2.43. The number of alkyl halides is 3. The van der Waals surface area contributed by atoms with Gasteiger partial charge in [-0.1, -0.05) is 29.3 Å². The molecule has 110 valence electrons. The zero-order chi connectivity index (χ0) is 15.8. The molecule has 8 heteroatoms. The molecule has 0 saturated carbocycles. The molecule has 21 heavy (non-hydrogen) atoms. The zero-order valence-electron chi connectivity index (χ0n) is 10.1. The third kappa shape index (κ3) is 3.11. The highest BCUT2D eigenvalue weighted by molar-refractivity contribution is 6.39. The van der Waals surface area contributed by atoms with Gasteiger partial charge in [-0.2, -0.15) is 13.2 Å². The van der Waals surface area contributed by atoms with Crippen molar-refractivity contribution in [3.05, 3.63) is 62.1 Å². The van der Waals surface area contributed by atoms with E-state index in [9.17, 15) is 23.3 Å². The summed E-state index contributed by atoms with van der Waals surface area (Å²) in [5, 5.41) is 11.1. The minimum atomic E-state index is -4.63. The second-order valence-corrected chi connectivity index (χ2v) is 4.90. The van der Waals surface area contributed by atoms with Crippen LogP contribution in [0.2, 0.25) is 10.0 Å². The van der Waals surface area contributed by atoms with E-state index in [1.54, 1.807) is 0 Å². The van der Waals surface area contributed by atoms with Crippen LogP contribution >= 0.6 is 23.2 Å². The van der Waals surface area contributed by atoms with Crippen LogP contribution in [0.25, 0.3) is 11.1 Å². The highest BCUT2D eigenvalue weighted by Crippen LogP contribution is 2.42. The van der Waals surface area contributed by atoms with Crippen LogP contribution in [0.5, 0.6) is 0 Å². The van der Waals surface area contributed by atoms with Crippen molar-refractivity contribution in [3.8, 4) is 11.1 Å². The van der Waals surface area contributed by atoms with E-state index in [2.05, 4.69) is 0 Å². The molecule has 2 aromatic carbocycles. The molecule has 0 atom stereocenters. The molecule has 0 N–H and O–H groups in total. The van der Waals surface area contributed by atoms with Crippen molar-refractivity contribution in [2.24, 2.45) is 0 Å². The lowest BCUT2D eigenvalue weighted by Gasteiger charge is -2.11. The Balaban J connectivity index is 2.79. The minimum absolute atomic E-state index is 0.00127. The summed E-state index contributed by atoms with van der Waals surface area (Å²) < 4.78 is 38.3. The summed E-state index contributed by atoms with van der Waals surface area (Å²) in [5.74, 6) is 0. The Morgan fingerprint density at radius 2 is 1.62 bits per heavy atom. The van der Waals surface area contributed by atoms with E-state index in [0.29, 0.717) is 12.1 Å². The number of nitro groups is 1. The summed E-state index contributed by atoms with van der Waals surface area (Å²) in [7, 11) is 0. The highest BCUT2D eigenvalue weighted by atomic mass is 35.5. The molecular formula is C13H6Cl2F3NO2. The largest absolute Gasteiger partial charge is 0.416 e. The van der Waals surface area contributed by atoms with Gasteiger partial charge in [0.25, 0.3) is 5.69 Å². The Labute approximate surface area is 127 Å². The van der Waals surface area contributed by atoms with Crippen molar-refractivity contribution in [2.75, 3.05) is 0 Å². The lowest BCUT2D eigenvalue weighted by molar-refractivity contribution is -0.384. The molecule has 0 aromatic heterocycles. The summed E-state index contributed by atoms with van der Waals surface area (Å²) in [4.78, 5) is 10.2. The fraction of sp³-hybridized carbons (Fsp3) is 0.0769. The number of nitrogens with zero attached hydrogens (tertiary/aromatic N) is 1. The first-order valence-electron chi connectivity index (χ1n) is 5.52. The van der Waals surface area contributed by atoms with E-state index in [1.807, 2.05) is 0 Å². The number of nitro benzene ring substituents is 1. The molecule has 0 spiro atoms. The van der Waals surface area contributed by atoms with E-state index >= 15 is 0 Å². The van der Waals surface area contributed by atoms with Crippen molar-refractivity contribution in [2.45, 2.75) is 6.18 Å². The Morgan fingerprint density at radius 3 is 2.10 bits per heavy atom. The molecule has 0 fully saturated rings. The van der Waals surface area contributed by atoms with Crippen molar-refractivity contribution >= 4 is 28.9 Å². The van der Waals surface area contributed by atoms with Gasteiger partial charge in [0.2, 0.25) is 0 Å². The summed E-state index contributed by atoms with van der Waals surface area (Å²) in [6.45, 7) is 0. The summed E-state index contributed by atoms with van der Waals surface area (Å²) >= 11 is 11.8. The van der Waals surface area contributed by atoms with Gasteiger partial charge < -0.3 is 0 Å². The van der Waals surface area contributed by atoms with Gasteiger partial charge in [-0.3, -0.25) is 10.1 Å². The van der Waals surface area contributed by atoms with Crippen LogP contribution in [-0.2, 0) is 6.18 Å². The summed E-state index contributed by atoms with van der Waals surface area (Å²) in [6, 6.07) is 6.39. The average Bonchev–Trinajstić information content (AvgIpc) is 2.37. The van der Waals surface area contributed by atoms with Crippen molar-refractivity contribution < 1.29 is 18.1 Å². The van der Waals surface area contributed by atoms with Crippen LogP contribution in [0.15, 0.2) is 36.4 Å². The summed E-state index contributed by atoms with van der Waals surface area (Å²) in [5.41, 5.74) is -1.79. The third-order valence-corrected chi connectivity index (χ3v) is 3.38. The van der Waals surface area contributed by atoms with Gasteiger partial charge in [0.15, 0.2) is 0 Å². The second-order valence-electron chi connectivity index (χ2n) is 4.08. The van der Waals surface area contributed by atoms with Gasteiger partial charge in [0, 0.05) is 11.6 Å². The number of hydrogen-bond donors (Lipinski definition) is 0. The molecule has 0 aliphatic heterocycles. The lowest BCUT2D eigenvalue weighted by atomic mass is 10.0. The maximum Gasteiger partial charge on any atom is 0.416 e. The first-order chi connectivity index (χ1) is 9.71. The minimum Gasteiger partial charge on any atom is -0.258 e. The Morgan fingerprint density at radius 1 is 1.05 bits per heavy atom. The molecule has 0 aliphatic rings. The molecule has 0 bridgehead atoms. The first-order valence-corrected chi connectivity index (χ1v) is 6.27. The molecule has 0 aliphatic carbocycles. The Bertz CT molecular complexity index is 697. The zero-order valence-corrected chi connectivity index (χ0v) is 11.6. The second kappa shape index (κ2) is 5.54. The first kappa shape index (κ1) is 15.6. The average molecular weight is 336 g/mol. The maximum atomic E-state index is 12.8. The van der Waals surface area contributed by atoms with Crippen LogP contribution in [-0.4, -0.2) is 4.92 Å². The Kier molecular flexibility index (Phi) is 4.11. The smallest absolute Gasteiger partial charge is 0.258 e. The molecule has 0 saturated heterocycles. The quantitative estimate of drug-likeness (QED) is 0.530. The molecule has 3 nitrogen and oxygen atoms in total. The van der Waals surface area contributed by atoms with E-state index in [0.717, 1.165) is 6.07 Å². The summed E-state index contributed by atoms with van der Waals surface area (Å²) in [6.07, 6.45) is -4.63. The maximum absolute atomic E-state index is 12.8. The Hall–Kier alpha value is -1.79. The van der Waals surface area contributed by atoms with E-state index < -0.39 is 22.4 Å². The van der Waals surface area contributed by atoms with Gasteiger partial charge >= 0.3 is 6.18 Å². The van der Waals surface area contributed by atoms with Crippen LogP contribution < -0.4 is 0 Å². The lowest BCUT2D eigenvalue weighted by Crippen LogP contribution is -2.06. The number of rotatable bonds is 2. The predicted octanol–water partition coefficient (Wildman–Crippen LogP) is 5.59. The molecular weight excluding hydrogens is 330 g/mol. The van der Waals surface area contributed by atoms with E-state index in [1.165, 1.54) is 18.2 Å². The van der Waals surface area contributed by atoms with Crippen LogP contribution in [0.1, 0.15) is 5.56 Å². The van der Waals surface area contributed by atoms with Gasteiger partial charge in [0.1, 0.15) is 0 Å². The van der Waals surface area contributed by atoms with Crippen molar-refractivity contribution in [1.82, 2.24) is 0 Å². The van der Waals surface area contributed by atoms with E-state index in [-0.39, 0.29) is 21.2 Å². The standard InChI is InChI=1S/C13H6Cl2F3NO2/c14-9-2-1-3-10(15)12(9)8-6-7(13(16,17)18)4-5-11(8)19(20)21/h1-6H. The predicted molar refractivity (Wildman–Crippen MR) is 73.6 cm³/mol. The number of halogens is 5. The van der Waals surface area contributed by atoms with Gasteiger partial charge in [-0.15, -0.1) is 0 Å². The topological polar surface area (TPSA) is 43.1 Å². The van der Waals surface area contributed by atoms with Crippen LogP contribution in [0.3, 0.4) is 0 Å². The van der Waals surface area contributed by atoms with Gasteiger partial charge in [-0.25, -0.2) is 0 Å². The SMILES string of the molecule is O=[N+]([O-])c1ccc(C(F)(F)F)cc1-c1c(Cl)cccc1Cl. The molecule has 2 rings (SSSR count). The highest BCUT2D eigenvalue weighted by Gasteiger charge is 2.33. The third-order valence-electron chi connectivity index (χ3n) is 2.75. The normalized spacial score (nSPS) is 11.5. The molecule has 0 amide bonds. The van der Waals surface area contributed by atoms with Crippen molar-refractivity contribution in [3.63, 3.8) is 0 Å². The van der Waals surface area contributed by atoms with Gasteiger partial charge in [0.05, 0.1) is 26.1 Å². The van der Waals surface area contributed by atoms with Crippen LogP contribution in [0.4, 0.5) is 18.9 Å². The number of benzene rings is 2. The van der Waals surface area contributed by atoms with Crippen LogP contribution in [0, 0.1) is 10.1 Å². The van der Waals surface area contributed by atoms with Gasteiger partial charge in [-0.05, 0) is 24.3 Å². The monoisotopic (exact) mass is 335 g/mol. The molecule has 0 heterocycles. The molecule has 2 aromatic rings. The van der Waals surface area contributed by atoms with Crippen molar-refractivity contribution in [1.29, 1.82) is 0 Å². The fourth-order valence-electron chi connectivity index (χ4n) is 1.83. The molecule has 0 unspecified atom stereocenters. The number of hydrogen-bond acceptors (Lipinski definition) is 2. The van der Waals surface area contributed by atoms with E-state index in [4.69, 9.17) is 23.2 Å². The molecule has 0 radical (unpaired) electrons.